The summed E-state index contributed by atoms with van der Waals surface area (Å²) >= 11 is 1.58. The van der Waals surface area contributed by atoms with E-state index in [1.165, 1.54) is 12.1 Å². The number of hydrogen-bond donors (Lipinski definition) is 1. The summed E-state index contributed by atoms with van der Waals surface area (Å²) in [7, 11) is 0. The number of nitrogens with zero attached hydrogens (tertiary/aromatic N) is 1. The molecule has 7 heteroatoms. The minimum absolute atomic E-state index is 0.00575. The van der Waals surface area contributed by atoms with Crippen molar-refractivity contribution in [3.05, 3.63) is 94.9 Å². The molecule has 2 heterocycles. The molecule has 0 saturated carbocycles. The Morgan fingerprint density at radius 1 is 0.938 bits per heavy atom. The van der Waals surface area contributed by atoms with E-state index in [-0.39, 0.29) is 12.1 Å². The minimum atomic E-state index is -4.46. The maximum atomic E-state index is 13.7. The highest BCUT2D eigenvalue weighted by Gasteiger charge is 2.33. The lowest BCUT2D eigenvalue weighted by Crippen LogP contribution is -2.12. The Morgan fingerprint density at radius 2 is 1.75 bits per heavy atom. The maximum absolute atomic E-state index is 13.7. The summed E-state index contributed by atoms with van der Waals surface area (Å²) < 4.78 is 42.8. The van der Waals surface area contributed by atoms with E-state index in [1.807, 2.05) is 46.3 Å². The van der Waals surface area contributed by atoms with Crippen LogP contribution in [0.4, 0.5) is 13.2 Å². The van der Waals surface area contributed by atoms with Gasteiger partial charge in [-0.05, 0) is 46.8 Å². The summed E-state index contributed by atoms with van der Waals surface area (Å²) in [5, 5.41) is 3.40. The number of hydrogen-bond acceptors (Lipinski definition) is 2. The van der Waals surface area contributed by atoms with Crippen LogP contribution in [0.25, 0.3) is 32.2 Å². The van der Waals surface area contributed by atoms with Crippen LogP contribution >= 0.6 is 11.3 Å². The Labute approximate surface area is 185 Å². The van der Waals surface area contributed by atoms with Gasteiger partial charge >= 0.3 is 6.18 Å². The molecular formula is C25H17F3N2OS. The number of rotatable bonds is 4. The average Bonchev–Trinajstić information content (AvgIpc) is 3.40. The number of carbonyl (C=O) groups is 1. The molecule has 0 aliphatic heterocycles. The van der Waals surface area contributed by atoms with E-state index >= 15 is 0 Å². The maximum Gasteiger partial charge on any atom is 0.416 e. The fourth-order valence-electron chi connectivity index (χ4n) is 4.22. The zero-order valence-corrected chi connectivity index (χ0v) is 17.5. The molecule has 0 saturated heterocycles. The summed E-state index contributed by atoms with van der Waals surface area (Å²) in [5.41, 5.74) is 7.83. The van der Waals surface area contributed by atoms with Crippen LogP contribution in [0.2, 0.25) is 0 Å². The molecular weight excluding hydrogens is 433 g/mol. The number of fused-ring (bicyclic) bond motifs is 3. The first-order valence-corrected chi connectivity index (χ1v) is 10.8. The number of thiophene rings is 1. The van der Waals surface area contributed by atoms with Gasteiger partial charge in [-0.2, -0.15) is 13.2 Å². The van der Waals surface area contributed by atoms with Crippen LogP contribution in [0.1, 0.15) is 21.5 Å². The Kier molecular flexibility index (Phi) is 4.78. The van der Waals surface area contributed by atoms with Crippen LogP contribution < -0.4 is 5.73 Å². The molecule has 160 valence electrons. The fourth-order valence-corrected chi connectivity index (χ4v) is 4.95. The molecule has 0 aliphatic carbocycles. The summed E-state index contributed by atoms with van der Waals surface area (Å²) in [4.78, 5) is 13.2. The molecule has 0 spiro atoms. The smallest absolute Gasteiger partial charge is 0.366 e. The third-order valence-electron chi connectivity index (χ3n) is 5.61. The van der Waals surface area contributed by atoms with Crippen LogP contribution in [0, 0.1) is 0 Å². The van der Waals surface area contributed by atoms with Crippen LogP contribution in [0.3, 0.4) is 0 Å². The zero-order valence-electron chi connectivity index (χ0n) is 16.7. The monoisotopic (exact) mass is 450 g/mol. The van der Waals surface area contributed by atoms with Crippen molar-refractivity contribution in [1.29, 1.82) is 0 Å². The van der Waals surface area contributed by atoms with Crippen molar-refractivity contribution in [1.82, 2.24) is 4.57 Å². The van der Waals surface area contributed by atoms with Crippen LogP contribution in [0.15, 0.2) is 78.2 Å². The number of benzene rings is 3. The van der Waals surface area contributed by atoms with Gasteiger partial charge in [-0.1, -0.05) is 42.5 Å². The number of nitrogens with two attached hydrogens (primary N) is 1. The fraction of sp³-hybridized carbons (Fsp3) is 0.0800. The molecule has 32 heavy (non-hydrogen) atoms. The molecule has 0 aliphatic rings. The molecule has 0 radical (unpaired) electrons. The van der Waals surface area contributed by atoms with Crippen LogP contribution in [-0.2, 0) is 12.7 Å². The van der Waals surface area contributed by atoms with E-state index in [0.29, 0.717) is 16.5 Å². The first-order valence-electron chi connectivity index (χ1n) is 9.88. The highest BCUT2D eigenvalue weighted by atomic mass is 32.1. The molecule has 5 aromatic rings. The second kappa shape index (κ2) is 7.53. The predicted octanol–water partition coefficient (Wildman–Crippen LogP) is 6.69. The second-order valence-electron chi connectivity index (χ2n) is 7.51. The van der Waals surface area contributed by atoms with Gasteiger partial charge in [0.2, 0.25) is 5.91 Å². The predicted molar refractivity (Wildman–Crippen MR) is 122 cm³/mol. The molecule has 2 N–H and O–H groups in total. The van der Waals surface area contributed by atoms with E-state index < -0.39 is 17.6 Å². The average molecular weight is 450 g/mol. The lowest BCUT2D eigenvalue weighted by Gasteiger charge is -2.15. The molecule has 5 rings (SSSR count). The first kappa shape index (κ1) is 20.3. The highest BCUT2D eigenvalue weighted by molar-refractivity contribution is 7.13. The van der Waals surface area contributed by atoms with Crippen molar-refractivity contribution in [2.45, 2.75) is 12.7 Å². The summed E-state index contributed by atoms with van der Waals surface area (Å²) in [6.45, 7) is 0.00575. The summed E-state index contributed by atoms with van der Waals surface area (Å²) in [6, 6.07) is 20.5. The van der Waals surface area contributed by atoms with E-state index in [4.69, 9.17) is 5.73 Å². The van der Waals surface area contributed by atoms with Crippen LogP contribution in [0.5, 0.6) is 0 Å². The number of aromatic nitrogens is 1. The van der Waals surface area contributed by atoms with Crippen molar-refractivity contribution in [3.8, 4) is 10.4 Å². The van der Waals surface area contributed by atoms with Crippen molar-refractivity contribution in [3.63, 3.8) is 0 Å². The van der Waals surface area contributed by atoms with Gasteiger partial charge in [0.15, 0.2) is 0 Å². The largest absolute Gasteiger partial charge is 0.416 e. The topological polar surface area (TPSA) is 48.0 Å². The van der Waals surface area contributed by atoms with Gasteiger partial charge in [-0.25, -0.2) is 0 Å². The van der Waals surface area contributed by atoms with Crippen molar-refractivity contribution < 1.29 is 18.0 Å². The normalized spacial score (nSPS) is 12.0. The van der Waals surface area contributed by atoms with Gasteiger partial charge < -0.3 is 10.3 Å². The number of alkyl halides is 3. The number of primary amides is 1. The molecule has 0 fully saturated rings. The summed E-state index contributed by atoms with van der Waals surface area (Å²) in [6.07, 6.45) is -4.46. The molecule has 0 bridgehead atoms. The Bertz CT molecular complexity index is 1470. The van der Waals surface area contributed by atoms with E-state index in [1.54, 1.807) is 29.5 Å². The molecule has 2 aromatic heterocycles. The standard InChI is InChI=1S/C25H17F3N2OS/c26-25(27,28)19-7-2-1-5-16(19)14-30-20-8-3-6-18(24(29)31)23(20)17-11-10-15(13-21(17)30)22-9-4-12-32-22/h1-13H,14H2,(H2,29,31). The van der Waals surface area contributed by atoms with E-state index in [9.17, 15) is 18.0 Å². The number of amides is 1. The van der Waals surface area contributed by atoms with Gasteiger partial charge in [0.05, 0.1) is 16.6 Å². The first-order chi connectivity index (χ1) is 15.3. The number of carbonyl (C=O) groups excluding carboxylic acids is 1. The van der Waals surface area contributed by atoms with Crippen molar-refractivity contribution >= 4 is 39.0 Å². The van der Waals surface area contributed by atoms with Gasteiger partial charge in [-0.15, -0.1) is 11.3 Å². The zero-order chi connectivity index (χ0) is 22.5. The SMILES string of the molecule is NC(=O)c1cccc2c1c1ccc(-c3cccs3)cc1n2Cc1ccccc1C(F)(F)F. The molecule has 3 aromatic carbocycles. The van der Waals surface area contributed by atoms with E-state index in [0.717, 1.165) is 27.4 Å². The molecule has 3 nitrogen and oxygen atoms in total. The Morgan fingerprint density at radius 3 is 2.47 bits per heavy atom. The van der Waals surface area contributed by atoms with Gasteiger partial charge in [0.1, 0.15) is 0 Å². The molecule has 1 amide bonds. The molecule has 0 atom stereocenters. The van der Waals surface area contributed by atoms with Gasteiger partial charge in [0.25, 0.3) is 0 Å². The number of halogens is 3. The third kappa shape index (κ3) is 3.35. The van der Waals surface area contributed by atoms with Gasteiger partial charge in [0, 0.05) is 27.8 Å². The third-order valence-corrected chi connectivity index (χ3v) is 6.53. The molecule has 0 unspecified atom stereocenters. The van der Waals surface area contributed by atoms with Crippen molar-refractivity contribution in [2.24, 2.45) is 5.73 Å². The highest BCUT2D eigenvalue weighted by Crippen LogP contribution is 2.37. The van der Waals surface area contributed by atoms with Crippen molar-refractivity contribution in [2.75, 3.05) is 0 Å². The Hall–Kier alpha value is -3.58. The lowest BCUT2D eigenvalue weighted by molar-refractivity contribution is -0.138. The van der Waals surface area contributed by atoms with Crippen LogP contribution in [-0.4, -0.2) is 10.5 Å². The second-order valence-corrected chi connectivity index (χ2v) is 8.46. The lowest BCUT2D eigenvalue weighted by atomic mass is 10.0. The minimum Gasteiger partial charge on any atom is -0.366 e. The Balaban J connectivity index is 1.81. The van der Waals surface area contributed by atoms with Gasteiger partial charge in [-0.3, -0.25) is 4.79 Å². The van der Waals surface area contributed by atoms with E-state index in [2.05, 4.69) is 0 Å². The summed E-state index contributed by atoms with van der Waals surface area (Å²) in [5.74, 6) is -0.576. The quantitative estimate of drug-likeness (QED) is 0.326.